The van der Waals surface area contributed by atoms with Crippen molar-refractivity contribution in [2.24, 2.45) is 5.41 Å². The van der Waals surface area contributed by atoms with E-state index in [1.807, 2.05) is 0 Å². The average Bonchev–Trinajstić information content (AvgIpc) is 2.28. The molecular weight excluding hydrogens is 249 g/mol. The topological polar surface area (TPSA) is 3.24 Å². The van der Waals surface area contributed by atoms with E-state index in [9.17, 15) is 0 Å². The Kier molecular flexibility index (Phi) is 2.17. The van der Waals surface area contributed by atoms with Crippen molar-refractivity contribution in [3.8, 4) is 0 Å². The van der Waals surface area contributed by atoms with Gasteiger partial charge in [-0.3, -0.25) is 4.90 Å². The number of likely N-dealkylation sites (tertiary alicyclic amines) is 1. The number of rotatable bonds is 1. The summed E-state index contributed by atoms with van der Waals surface area (Å²) < 4.78 is 0.743. The summed E-state index contributed by atoms with van der Waals surface area (Å²) >= 11 is 2.53. The van der Waals surface area contributed by atoms with Crippen LogP contribution in [-0.2, 0) is 0 Å². The second kappa shape index (κ2) is 2.87. The molecule has 0 bridgehead atoms. The summed E-state index contributed by atoms with van der Waals surface area (Å²) in [4.78, 5) is 2.62. The van der Waals surface area contributed by atoms with Crippen molar-refractivity contribution in [3.05, 3.63) is 0 Å². The number of alkyl halides is 1. The highest BCUT2D eigenvalue weighted by Gasteiger charge is 2.43. The molecule has 1 spiro atoms. The van der Waals surface area contributed by atoms with Crippen LogP contribution in [0.5, 0.6) is 0 Å². The standard InChI is InChI=1S/C9H16IN/c1-8(10)11-6-5-9(7-11)3-2-4-9/h8H,2-7H2,1H3. The molecule has 1 aliphatic carbocycles. The van der Waals surface area contributed by atoms with Gasteiger partial charge < -0.3 is 0 Å². The molecule has 2 rings (SSSR count). The molecule has 64 valence electrons. The molecule has 2 heteroatoms. The van der Waals surface area contributed by atoms with Gasteiger partial charge in [-0.05, 0) is 38.1 Å². The van der Waals surface area contributed by atoms with Gasteiger partial charge in [-0.2, -0.15) is 0 Å². The van der Waals surface area contributed by atoms with E-state index in [0.29, 0.717) is 0 Å². The van der Waals surface area contributed by atoms with Crippen molar-refractivity contribution < 1.29 is 0 Å². The fourth-order valence-corrected chi connectivity index (χ4v) is 2.83. The first-order chi connectivity index (χ1) is 5.22. The number of halogens is 1. The van der Waals surface area contributed by atoms with Gasteiger partial charge in [0.25, 0.3) is 0 Å². The quantitative estimate of drug-likeness (QED) is 0.400. The van der Waals surface area contributed by atoms with Crippen molar-refractivity contribution in [2.45, 2.75) is 36.7 Å². The zero-order chi connectivity index (χ0) is 7.90. The van der Waals surface area contributed by atoms with E-state index in [1.165, 1.54) is 38.8 Å². The molecule has 1 saturated carbocycles. The van der Waals surface area contributed by atoms with E-state index in [-0.39, 0.29) is 0 Å². The fourth-order valence-electron chi connectivity index (χ4n) is 2.36. The van der Waals surface area contributed by atoms with Crippen LogP contribution in [0.25, 0.3) is 0 Å². The second-order valence-electron chi connectivity index (χ2n) is 4.15. The number of hydrogen-bond donors (Lipinski definition) is 0. The smallest absolute Gasteiger partial charge is 0.0590 e. The second-order valence-corrected chi connectivity index (χ2v) is 5.95. The van der Waals surface area contributed by atoms with Gasteiger partial charge in [0.15, 0.2) is 0 Å². The molecule has 1 heterocycles. The van der Waals surface area contributed by atoms with Gasteiger partial charge in [-0.15, -0.1) is 0 Å². The highest BCUT2D eigenvalue weighted by atomic mass is 127. The lowest BCUT2D eigenvalue weighted by atomic mass is 9.68. The Morgan fingerprint density at radius 1 is 1.36 bits per heavy atom. The molecule has 2 aliphatic rings. The van der Waals surface area contributed by atoms with Crippen LogP contribution in [0.15, 0.2) is 0 Å². The number of hydrogen-bond acceptors (Lipinski definition) is 1. The van der Waals surface area contributed by atoms with Crippen LogP contribution < -0.4 is 0 Å². The van der Waals surface area contributed by atoms with Crippen molar-refractivity contribution in [3.63, 3.8) is 0 Å². The summed E-state index contributed by atoms with van der Waals surface area (Å²) in [6.45, 7) is 5.04. The summed E-state index contributed by atoms with van der Waals surface area (Å²) in [5.74, 6) is 0. The Hall–Kier alpha value is 0.690. The predicted octanol–water partition coefficient (Wildman–Crippen LogP) is 2.64. The first kappa shape index (κ1) is 8.30. The molecular formula is C9H16IN. The molecule has 0 aromatic carbocycles. The summed E-state index contributed by atoms with van der Waals surface area (Å²) in [6, 6.07) is 0. The monoisotopic (exact) mass is 265 g/mol. The predicted molar refractivity (Wildman–Crippen MR) is 56.0 cm³/mol. The van der Waals surface area contributed by atoms with Gasteiger partial charge in [-0.25, -0.2) is 0 Å². The molecule has 0 aromatic rings. The fraction of sp³-hybridized carbons (Fsp3) is 1.00. The Morgan fingerprint density at radius 2 is 2.09 bits per heavy atom. The first-order valence-corrected chi connectivity index (χ1v) is 5.85. The Balaban J connectivity index is 1.93. The Labute approximate surface area is 82.7 Å². The van der Waals surface area contributed by atoms with E-state index >= 15 is 0 Å². The maximum atomic E-state index is 2.62. The molecule has 0 amide bonds. The lowest BCUT2D eigenvalue weighted by molar-refractivity contribution is 0.139. The van der Waals surface area contributed by atoms with Crippen LogP contribution in [0, 0.1) is 5.41 Å². The zero-order valence-electron chi connectivity index (χ0n) is 7.15. The summed E-state index contributed by atoms with van der Waals surface area (Å²) in [7, 11) is 0. The van der Waals surface area contributed by atoms with Crippen molar-refractivity contribution in [2.75, 3.05) is 13.1 Å². The van der Waals surface area contributed by atoms with Crippen molar-refractivity contribution >= 4 is 22.6 Å². The van der Waals surface area contributed by atoms with Gasteiger partial charge in [0.1, 0.15) is 0 Å². The molecule has 11 heavy (non-hydrogen) atoms. The van der Waals surface area contributed by atoms with Crippen LogP contribution in [0.2, 0.25) is 0 Å². The first-order valence-electron chi connectivity index (χ1n) is 4.60. The lowest BCUT2D eigenvalue weighted by Gasteiger charge is -2.38. The normalized spacial score (nSPS) is 32.2. The van der Waals surface area contributed by atoms with E-state index < -0.39 is 0 Å². The molecule has 1 saturated heterocycles. The third-order valence-electron chi connectivity index (χ3n) is 3.39. The Bertz CT molecular complexity index is 152. The van der Waals surface area contributed by atoms with Gasteiger partial charge in [0.2, 0.25) is 0 Å². The van der Waals surface area contributed by atoms with E-state index in [2.05, 4.69) is 34.4 Å². The molecule has 2 fully saturated rings. The van der Waals surface area contributed by atoms with Crippen molar-refractivity contribution in [1.29, 1.82) is 0 Å². The van der Waals surface area contributed by atoms with Crippen LogP contribution >= 0.6 is 22.6 Å². The number of nitrogens with zero attached hydrogens (tertiary/aromatic N) is 1. The highest BCUT2D eigenvalue weighted by Crippen LogP contribution is 2.48. The summed E-state index contributed by atoms with van der Waals surface area (Å²) in [5.41, 5.74) is 0.791. The molecule has 1 unspecified atom stereocenters. The molecule has 1 nitrogen and oxygen atoms in total. The van der Waals surface area contributed by atoms with E-state index in [1.54, 1.807) is 0 Å². The van der Waals surface area contributed by atoms with Gasteiger partial charge >= 0.3 is 0 Å². The van der Waals surface area contributed by atoms with Crippen LogP contribution in [0.1, 0.15) is 32.6 Å². The van der Waals surface area contributed by atoms with Gasteiger partial charge in [-0.1, -0.05) is 29.0 Å². The SMILES string of the molecule is CC(I)N1CCC2(CCC2)C1. The average molecular weight is 265 g/mol. The van der Waals surface area contributed by atoms with E-state index in [0.717, 1.165) is 9.46 Å². The molecule has 0 N–H and O–H groups in total. The zero-order valence-corrected chi connectivity index (χ0v) is 9.30. The molecule has 1 atom stereocenters. The molecule has 0 radical (unpaired) electrons. The highest BCUT2D eigenvalue weighted by molar-refractivity contribution is 14.1. The third kappa shape index (κ3) is 1.44. The minimum atomic E-state index is 0.743. The maximum absolute atomic E-state index is 2.62. The lowest BCUT2D eigenvalue weighted by Crippen LogP contribution is -2.34. The summed E-state index contributed by atoms with van der Waals surface area (Å²) in [6.07, 6.45) is 5.98. The van der Waals surface area contributed by atoms with Crippen molar-refractivity contribution in [1.82, 2.24) is 4.90 Å². The maximum Gasteiger partial charge on any atom is 0.0590 e. The Morgan fingerprint density at radius 3 is 2.36 bits per heavy atom. The van der Waals surface area contributed by atoms with Gasteiger partial charge in [0.05, 0.1) is 4.05 Å². The third-order valence-corrected chi connectivity index (χ3v) is 4.17. The van der Waals surface area contributed by atoms with Crippen LogP contribution in [0.3, 0.4) is 0 Å². The van der Waals surface area contributed by atoms with E-state index in [4.69, 9.17) is 0 Å². The molecule has 0 aromatic heterocycles. The minimum absolute atomic E-state index is 0.743. The van der Waals surface area contributed by atoms with Gasteiger partial charge in [0, 0.05) is 6.54 Å². The summed E-state index contributed by atoms with van der Waals surface area (Å²) in [5, 5.41) is 0. The largest absolute Gasteiger partial charge is 0.291 e. The minimum Gasteiger partial charge on any atom is -0.291 e. The van der Waals surface area contributed by atoms with Crippen LogP contribution in [-0.4, -0.2) is 22.0 Å². The van der Waals surface area contributed by atoms with Crippen LogP contribution in [0.4, 0.5) is 0 Å². The molecule has 1 aliphatic heterocycles.